The Bertz CT molecular complexity index is 356. The number of aryl methyl sites for hydroxylation is 1. The summed E-state index contributed by atoms with van der Waals surface area (Å²) in [4.78, 5) is 24.1. The Morgan fingerprint density at radius 3 is 2.86 bits per heavy atom. The van der Waals surface area contributed by atoms with Crippen LogP contribution >= 0.6 is 11.6 Å². The van der Waals surface area contributed by atoms with Crippen molar-refractivity contribution in [2.75, 3.05) is 14.2 Å². The minimum atomic E-state index is -0.423. The van der Waals surface area contributed by atoms with Gasteiger partial charge in [-0.25, -0.2) is 15.0 Å². The average Bonchev–Trinajstić information content (AvgIpc) is 2.19. The minimum absolute atomic E-state index is 0.0736. The van der Waals surface area contributed by atoms with E-state index in [0.29, 0.717) is 5.69 Å². The van der Waals surface area contributed by atoms with E-state index in [1.165, 1.54) is 20.4 Å². The fourth-order valence-electron chi connectivity index (χ4n) is 0.831. The number of carbonyl (C=O) groups is 1. The normalized spacial score (nSPS) is 10.0. The highest BCUT2D eigenvalue weighted by atomic mass is 35.5. The first-order valence-electron chi connectivity index (χ1n) is 3.87. The summed E-state index contributed by atoms with van der Waals surface area (Å²) in [5.41, 5.74) is 0.721. The van der Waals surface area contributed by atoms with Gasteiger partial charge >= 0.3 is 0 Å². The van der Waals surface area contributed by atoms with Crippen molar-refractivity contribution in [3.05, 3.63) is 22.7 Å². The van der Waals surface area contributed by atoms with Gasteiger partial charge in [-0.05, 0) is 6.92 Å². The van der Waals surface area contributed by atoms with Crippen LogP contribution < -0.4 is 0 Å². The maximum Gasteiger partial charge on any atom is 0.298 e. The van der Waals surface area contributed by atoms with E-state index in [-0.39, 0.29) is 10.8 Å². The highest BCUT2D eigenvalue weighted by Gasteiger charge is 2.17. The first-order valence-corrected chi connectivity index (χ1v) is 4.25. The molecule has 0 atom stereocenters. The maximum atomic E-state index is 11.6. The predicted octanol–water partition coefficient (Wildman–Crippen LogP) is 1.07. The summed E-state index contributed by atoms with van der Waals surface area (Å²) in [7, 11) is 2.86. The monoisotopic (exact) mass is 215 g/mol. The van der Waals surface area contributed by atoms with E-state index in [1.807, 2.05) is 0 Å². The molecule has 0 N–H and O–H groups in total. The van der Waals surface area contributed by atoms with Gasteiger partial charge in [0.25, 0.3) is 5.91 Å². The number of hydrogen-bond acceptors (Lipinski definition) is 4. The zero-order chi connectivity index (χ0) is 10.7. The number of carbonyl (C=O) groups excluding carboxylic acids is 1. The molecular weight excluding hydrogens is 206 g/mol. The second kappa shape index (κ2) is 4.34. The molecule has 0 aliphatic rings. The van der Waals surface area contributed by atoms with Crippen molar-refractivity contribution >= 4 is 17.5 Å². The average molecular weight is 216 g/mol. The van der Waals surface area contributed by atoms with E-state index in [2.05, 4.69) is 9.97 Å². The van der Waals surface area contributed by atoms with Gasteiger partial charge in [0.2, 0.25) is 0 Å². The molecule has 1 heterocycles. The van der Waals surface area contributed by atoms with Gasteiger partial charge in [-0.2, -0.15) is 0 Å². The summed E-state index contributed by atoms with van der Waals surface area (Å²) in [5.74, 6) is -0.423. The molecule has 5 nitrogen and oxygen atoms in total. The summed E-state index contributed by atoms with van der Waals surface area (Å²) in [6.45, 7) is 1.73. The van der Waals surface area contributed by atoms with E-state index >= 15 is 0 Å². The van der Waals surface area contributed by atoms with E-state index < -0.39 is 5.91 Å². The van der Waals surface area contributed by atoms with Gasteiger partial charge in [-0.1, -0.05) is 11.6 Å². The maximum absolute atomic E-state index is 11.6. The summed E-state index contributed by atoms with van der Waals surface area (Å²) < 4.78 is 0. The van der Waals surface area contributed by atoms with Crippen molar-refractivity contribution in [3.8, 4) is 0 Å². The fourth-order valence-corrected chi connectivity index (χ4v) is 1.00. The van der Waals surface area contributed by atoms with Gasteiger partial charge in [-0.3, -0.25) is 9.63 Å². The lowest BCUT2D eigenvalue weighted by Gasteiger charge is -2.13. The van der Waals surface area contributed by atoms with E-state index in [4.69, 9.17) is 16.4 Å². The van der Waals surface area contributed by atoms with Crippen molar-refractivity contribution in [2.24, 2.45) is 0 Å². The molecule has 76 valence electrons. The van der Waals surface area contributed by atoms with Gasteiger partial charge in [-0.15, -0.1) is 0 Å². The third kappa shape index (κ3) is 2.18. The van der Waals surface area contributed by atoms with Crippen LogP contribution in [0.25, 0.3) is 0 Å². The molecule has 0 radical (unpaired) electrons. The minimum Gasteiger partial charge on any atom is -0.274 e. The standard InChI is InChI=1S/C8H10ClN3O2/c1-5-4-10-7(9)6(11-5)8(13)12(2)14-3/h4H,1-3H3. The van der Waals surface area contributed by atoms with Gasteiger partial charge in [0.1, 0.15) is 0 Å². The second-order valence-corrected chi connectivity index (χ2v) is 2.99. The second-order valence-electron chi connectivity index (χ2n) is 2.64. The summed E-state index contributed by atoms with van der Waals surface area (Å²) >= 11 is 5.72. The zero-order valence-electron chi connectivity index (χ0n) is 8.11. The molecule has 0 aliphatic heterocycles. The number of hydrogen-bond donors (Lipinski definition) is 0. The third-order valence-corrected chi connectivity index (χ3v) is 1.89. The Kier molecular flexibility index (Phi) is 3.38. The van der Waals surface area contributed by atoms with E-state index in [9.17, 15) is 4.79 Å². The molecule has 0 saturated carbocycles. The molecule has 0 bridgehead atoms. The van der Waals surface area contributed by atoms with Crippen LogP contribution in [-0.4, -0.2) is 35.1 Å². The lowest BCUT2D eigenvalue weighted by Crippen LogP contribution is -2.27. The van der Waals surface area contributed by atoms with Crippen LogP contribution in [0.4, 0.5) is 0 Å². The first kappa shape index (κ1) is 10.9. The summed E-state index contributed by atoms with van der Waals surface area (Å²) in [6.07, 6.45) is 1.49. The number of nitrogens with zero attached hydrogens (tertiary/aromatic N) is 3. The molecule has 14 heavy (non-hydrogen) atoms. The molecule has 0 aliphatic carbocycles. The lowest BCUT2D eigenvalue weighted by atomic mass is 10.4. The summed E-state index contributed by atoms with van der Waals surface area (Å²) in [6, 6.07) is 0. The molecule has 0 aromatic carbocycles. The Morgan fingerprint density at radius 1 is 1.64 bits per heavy atom. The number of amides is 1. The van der Waals surface area contributed by atoms with Crippen LogP contribution in [0.3, 0.4) is 0 Å². The van der Waals surface area contributed by atoms with Crippen LogP contribution in [0, 0.1) is 6.92 Å². The van der Waals surface area contributed by atoms with Crippen LogP contribution in [0.5, 0.6) is 0 Å². The van der Waals surface area contributed by atoms with Crippen molar-refractivity contribution in [2.45, 2.75) is 6.92 Å². The molecule has 0 saturated heterocycles. The predicted molar refractivity (Wildman–Crippen MR) is 50.9 cm³/mol. The molecule has 6 heteroatoms. The molecule has 1 aromatic heterocycles. The molecule has 1 rings (SSSR count). The lowest BCUT2D eigenvalue weighted by molar-refractivity contribution is -0.0760. The fraction of sp³-hybridized carbons (Fsp3) is 0.375. The first-order chi connectivity index (χ1) is 6.56. The quantitative estimate of drug-likeness (QED) is 0.693. The number of halogens is 1. The topological polar surface area (TPSA) is 55.3 Å². The van der Waals surface area contributed by atoms with E-state index in [1.54, 1.807) is 6.92 Å². The van der Waals surface area contributed by atoms with Gasteiger partial charge < -0.3 is 0 Å². The Labute approximate surface area is 86.6 Å². The van der Waals surface area contributed by atoms with Crippen LogP contribution in [0.15, 0.2) is 6.20 Å². The molecule has 0 unspecified atom stereocenters. The number of aromatic nitrogens is 2. The number of hydroxylamine groups is 2. The molecule has 1 aromatic rings. The van der Waals surface area contributed by atoms with Crippen LogP contribution in [0.1, 0.15) is 16.2 Å². The van der Waals surface area contributed by atoms with Crippen molar-refractivity contribution in [1.82, 2.24) is 15.0 Å². The summed E-state index contributed by atoms with van der Waals surface area (Å²) in [5, 5.41) is 1.11. The van der Waals surface area contributed by atoms with Gasteiger partial charge in [0.05, 0.1) is 12.8 Å². The Hall–Kier alpha value is -1.20. The van der Waals surface area contributed by atoms with Gasteiger partial charge in [0.15, 0.2) is 10.8 Å². The SMILES string of the molecule is CON(C)C(=O)c1nc(C)cnc1Cl. The largest absolute Gasteiger partial charge is 0.298 e. The highest BCUT2D eigenvalue weighted by molar-refractivity contribution is 6.32. The number of rotatable bonds is 2. The van der Waals surface area contributed by atoms with Crippen molar-refractivity contribution < 1.29 is 9.63 Å². The van der Waals surface area contributed by atoms with Crippen LogP contribution in [-0.2, 0) is 4.84 Å². The van der Waals surface area contributed by atoms with E-state index in [0.717, 1.165) is 5.06 Å². The Morgan fingerprint density at radius 2 is 2.29 bits per heavy atom. The van der Waals surface area contributed by atoms with Crippen LogP contribution in [0.2, 0.25) is 5.15 Å². The molecule has 0 spiro atoms. The van der Waals surface area contributed by atoms with Gasteiger partial charge in [0, 0.05) is 13.2 Å². The van der Waals surface area contributed by atoms with Crippen molar-refractivity contribution in [1.29, 1.82) is 0 Å². The zero-order valence-corrected chi connectivity index (χ0v) is 8.87. The highest BCUT2D eigenvalue weighted by Crippen LogP contribution is 2.12. The molecule has 0 fully saturated rings. The molecule has 1 amide bonds. The Balaban J connectivity index is 3.06. The molecular formula is C8H10ClN3O2. The smallest absolute Gasteiger partial charge is 0.274 e. The van der Waals surface area contributed by atoms with Crippen molar-refractivity contribution in [3.63, 3.8) is 0 Å². The third-order valence-electron chi connectivity index (χ3n) is 1.61.